The van der Waals surface area contributed by atoms with Crippen molar-refractivity contribution in [2.24, 2.45) is 0 Å². The van der Waals surface area contributed by atoms with E-state index in [1.54, 1.807) is 6.92 Å². The lowest BCUT2D eigenvalue weighted by Crippen LogP contribution is -2.28. The number of aromatic nitrogens is 2. The van der Waals surface area contributed by atoms with Crippen molar-refractivity contribution in [2.45, 2.75) is 13.7 Å². The van der Waals surface area contributed by atoms with E-state index in [1.807, 2.05) is 0 Å². The van der Waals surface area contributed by atoms with Gasteiger partial charge in [0.25, 0.3) is 5.91 Å². The van der Waals surface area contributed by atoms with Crippen LogP contribution in [0, 0.1) is 0 Å². The van der Waals surface area contributed by atoms with E-state index in [2.05, 4.69) is 4.98 Å². The first kappa shape index (κ1) is 14.0. The molecule has 0 aliphatic carbocycles. The van der Waals surface area contributed by atoms with Gasteiger partial charge in [-0.05, 0) is 6.92 Å². The van der Waals surface area contributed by atoms with Gasteiger partial charge in [-0.3, -0.25) is 19.1 Å². The zero-order chi connectivity index (χ0) is 13.0. The minimum absolute atomic E-state index is 0.00554. The smallest absolute Gasteiger partial charge is 0.296 e. The summed E-state index contributed by atoms with van der Waals surface area (Å²) in [5.41, 5.74) is 0. The van der Waals surface area contributed by atoms with Crippen LogP contribution < -0.4 is 0 Å². The Labute approximate surface area is 108 Å². The number of rotatable bonds is 5. The summed E-state index contributed by atoms with van der Waals surface area (Å²) in [5.74, 6) is -0.642. The molecule has 0 aromatic carbocycles. The van der Waals surface area contributed by atoms with Crippen molar-refractivity contribution in [1.29, 1.82) is 0 Å². The predicted octanol–water partition coefficient (Wildman–Crippen LogP) is 1.41. The van der Waals surface area contributed by atoms with Crippen LogP contribution in [0.3, 0.4) is 0 Å². The number of hydrogen-bond acceptors (Lipinski definition) is 4. The van der Waals surface area contributed by atoms with Crippen LogP contribution in [0.25, 0.3) is 0 Å². The van der Waals surface area contributed by atoms with Crippen LogP contribution in [0.15, 0.2) is 0 Å². The van der Waals surface area contributed by atoms with E-state index < -0.39 is 5.91 Å². The molecule has 2 amide bonds. The molecule has 0 radical (unpaired) electrons. The second kappa shape index (κ2) is 6.00. The number of halogens is 2. The van der Waals surface area contributed by atoms with Gasteiger partial charge >= 0.3 is 0 Å². The van der Waals surface area contributed by atoms with Gasteiger partial charge in [-0.2, -0.15) is 0 Å². The Bertz CT molecular complexity index is 433. The quantitative estimate of drug-likeness (QED) is 0.765. The second-order valence-electron chi connectivity index (χ2n) is 3.09. The van der Waals surface area contributed by atoms with Gasteiger partial charge in [-0.25, -0.2) is 4.98 Å². The standard InChI is InChI=1S/C9H11Cl2N3O3/c1-3-17-5-14-7(11)6(10)12-8(14)9(16)13(2)4-15/h4H,3,5H2,1-2H3. The molecule has 0 spiro atoms. The molecular formula is C9H11Cl2N3O3. The Morgan fingerprint density at radius 3 is 2.76 bits per heavy atom. The van der Waals surface area contributed by atoms with Crippen LogP contribution >= 0.6 is 23.2 Å². The number of carbonyl (C=O) groups is 2. The Morgan fingerprint density at radius 1 is 1.59 bits per heavy atom. The highest BCUT2D eigenvalue weighted by Crippen LogP contribution is 2.23. The van der Waals surface area contributed by atoms with Gasteiger partial charge in [0.15, 0.2) is 5.15 Å². The third-order valence-electron chi connectivity index (χ3n) is 1.96. The number of imide groups is 1. The minimum atomic E-state index is -0.603. The molecule has 0 aliphatic rings. The average Bonchev–Trinajstić information content (AvgIpc) is 2.61. The lowest BCUT2D eigenvalue weighted by molar-refractivity contribution is -0.115. The molecule has 0 bridgehead atoms. The van der Waals surface area contributed by atoms with Crippen molar-refractivity contribution < 1.29 is 14.3 Å². The number of imidazole rings is 1. The molecule has 1 heterocycles. The van der Waals surface area contributed by atoms with E-state index in [0.29, 0.717) is 13.0 Å². The first-order valence-electron chi connectivity index (χ1n) is 4.74. The van der Waals surface area contributed by atoms with E-state index in [4.69, 9.17) is 27.9 Å². The molecule has 6 nitrogen and oxygen atoms in total. The van der Waals surface area contributed by atoms with E-state index in [1.165, 1.54) is 11.6 Å². The fourth-order valence-corrected chi connectivity index (χ4v) is 1.43. The van der Waals surface area contributed by atoms with Crippen molar-refractivity contribution in [3.05, 3.63) is 16.1 Å². The monoisotopic (exact) mass is 279 g/mol. The van der Waals surface area contributed by atoms with Crippen LogP contribution in [0.5, 0.6) is 0 Å². The average molecular weight is 280 g/mol. The summed E-state index contributed by atoms with van der Waals surface area (Å²) in [6.45, 7) is 2.29. The van der Waals surface area contributed by atoms with Gasteiger partial charge in [-0.1, -0.05) is 23.2 Å². The fourth-order valence-electron chi connectivity index (χ4n) is 1.07. The summed E-state index contributed by atoms with van der Waals surface area (Å²) in [7, 11) is 1.32. The lowest BCUT2D eigenvalue weighted by Gasteiger charge is -2.11. The summed E-state index contributed by atoms with van der Waals surface area (Å²) in [5, 5.41) is 0.0942. The van der Waals surface area contributed by atoms with Crippen molar-refractivity contribution in [2.75, 3.05) is 13.7 Å². The molecule has 1 aromatic heterocycles. The number of amides is 2. The number of carbonyl (C=O) groups excluding carboxylic acids is 2. The molecule has 0 unspecified atom stereocenters. The molecule has 1 aromatic rings. The lowest BCUT2D eigenvalue weighted by atomic mass is 10.5. The highest BCUT2D eigenvalue weighted by atomic mass is 35.5. The maximum Gasteiger partial charge on any atom is 0.296 e. The van der Waals surface area contributed by atoms with Gasteiger partial charge in [0.1, 0.15) is 11.9 Å². The third-order valence-corrected chi connectivity index (χ3v) is 2.70. The minimum Gasteiger partial charge on any atom is -0.361 e. The topological polar surface area (TPSA) is 64.4 Å². The molecule has 0 fully saturated rings. The van der Waals surface area contributed by atoms with Crippen molar-refractivity contribution in [3.8, 4) is 0 Å². The summed E-state index contributed by atoms with van der Waals surface area (Å²) in [6.07, 6.45) is 0.379. The SMILES string of the molecule is CCOCn1c(C(=O)N(C)C=O)nc(Cl)c1Cl. The normalized spacial score (nSPS) is 10.4. The van der Waals surface area contributed by atoms with Crippen molar-refractivity contribution in [3.63, 3.8) is 0 Å². The van der Waals surface area contributed by atoms with Gasteiger partial charge in [0, 0.05) is 13.7 Å². The molecule has 1 rings (SSSR count). The Hall–Kier alpha value is -1.11. The van der Waals surface area contributed by atoms with E-state index in [-0.39, 0.29) is 22.9 Å². The summed E-state index contributed by atoms with van der Waals surface area (Å²) in [4.78, 5) is 26.9. The Balaban J connectivity index is 3.09. The van der Waals surface area contributed by atoms with Gasteiger partial charge in [0.05, 0.1) is 0 Å². The zero-order valence-electron chi connectivity index (χ0n) is 9.31. The molecule has 17 heavy (non-hydrogen) atoms. The second-order valence-corrected chi connectivity index (χ2v) is 3.80. The Morgan fingerprint density at radius 2 is 2.24 bits per heavy atom. The van der Waals surface area contributed by atoms with Crippen molar-refractivity contribution >= 4 is 35.5 Å². The van der Waals surface area contributed by atoms with E-state index in [9.17, 15) is 9.59 Å². The molecule has 0 N–H and O–H groups in total. The first-order valence-corrected chi connectivity index (χ1v) is 5.50. The summed E-state index contributed by atoms with van der Waals surface area (Å²) >= 11 is 11.6. The van der Waals surface area contributed by atoms with Crippen LogP contribution in [-0.4, -0.2) is 40.4 Å². The zero-order valence-corrected chi connectivity index (χ0v) is 10.8. The van der Waals surface area contributed by atoms with Gasteiger partial charge < -0.3 is 4.74 Å². The number of ether oxygens (including phenoxy) is 1. The molecule has 8 heteroatoms. The molecule has 0 saturated carbocycles. The van der Waals surface area contributed by atoms with Gasteiger partial charge in [0.2, 0.25) is 12.2 Å². The number of hydrogen-bond donors (Lipinski definition) is 0. The molecule has 94 valence electrons. The molecule has 0 atom stereocenters. The maximum atomic E-state index is 11.8. The highest BCUT2D eigenvalue weighted by molar-refractivity contribution is 6.40. The van der Waals surface area contributed by atoms with Crippen LogP contribution in [-0.2, 0) is 16.3 Å². The van der Waals surface area contributed by atoms with E-state index >= 15 is 0 Å². The fraction of sp³-hybridized carbons (Fsp3) is 0.444. The molecule has 0 saturated heterocycles. The summed E-state index contributed by atoms with van der Waals surface area (Å²) < 4.78 is 6.44. The molecule has 0 aliphatic heterocycles. The predicted molar refractivity (Wildman–Crippen MR) is 62.0 cm³/mol. The van der Waals surface area contributed by atoms with Crippen molar-refractivity contribution in [1.82, 2.24) is 14.5 Å². The summed E-state index contributed by atoms with van der Waals surface area (Å²) in [6, 6.07) is 0. The molecular weight excluding hydrogens is 269 g/mol. The van der Waals surface area contributed by atoms with Crippen LogP contribution in [0.4, 0.5) is 0 Å². The number of nitrogens with zero attached hydrogens (tertiary/aromatic N) is 3. The third kappa shape index (κ3) is 2.96. The Kier molecular flexibility index (Phi) is 4.92. The van der Waals surface area contributed by atoms with Crippen LogP contribution in [0.1, 0.15) is 17.5 Å². The van der Waals surface area contributed by atoms with E-state index in [0.717, 1.165) is 4.90 Å². The first-order chi connectivity index (χ1) is 8.02. The van der Waals surface area contributed by atoms with Crippen LogP contribution in [0.2, 0.25) is 10.3 Å². The van der Waals surface area contributed by atoms with Gasteiger partial charge in [-0.15, -0.1) is 0 Å². The largest absolute Gasteiger partial charge is 0.361 e. The highest BCUT2D eigenvalue weighted by Gasteiger charge is 2.22. The maximum absolute atomic E-state index is 11.8.